The molecule has 0 saturated carbocycles. The maximum atomic E-state index is 12.3. The van der Waals surface area contributed by atoms with Gasteiger partial charge in [-0.1, -0.05) is 19.1 Å². The largest absolute Gasteiger partial charge is 0.324 e. The van der Waals surface area contributed by atoms with Crippen LogP contribution in [0, 0.1) is 0 Å². The fourth-order valence-electron chi connectivity index (χ4n) is 2.08. The summed E-state index contributed by atoms with van der Waals surface area (Å²) >= 11 is 0. The van der Waals surface area contributed by atoms with Gasteiger partial charge in [-0.15, -0.1) is 0 Å². The Morgan fingerprint density at radius 2 is 2.25 bits per heavy atom. The number of anilines is 1. The van der Waals surface area contributed by atoms with E-state index in [-0.39, 0.29) is 11.9 Å². The molecule has 1 amide bonds. The summed E-state index contributed by atoms with van der Waals surface area (Å²) in [5, 5.41) is 7.17. The fraction of sp³-hybridized carbons (Fsp3) is 0.333. The molecule has 0 aliphatic carbocycles. The molecule has 0 bridgehead atoms. The summed E-state index contributed by atoms with van der Waals surface area (Å²) < 4.78 is 1.66. The molecule has 1 aromatic heterocycles. The van der Waals surface area contributed by atoms with Gasteiger partial charge in [0.2, 0.25) is 0 Å². The molecule has 1 unspecified atom stereocenters. The zero-order valence-corrected chi connectivity index (χ0v) is 12.1. The zero-order chi connectivity index (χ0) is 14.7. The Morgan fingerprint density at radius 3 is 2.90 bits per heavy atom. The summed E-state index contributed by atoms with van der Waals surface area (Å²) in [6.45, 7) is 3.90. The van der Waals surface area contributed by atoms with Crippen molar-refractivity contribution in [1.82, 2.24) is 9.78 Å². The maximum absolute atomic E-state index is 12.3. The molecule has 2 rings (SSSR count). The first kappa shape index (κ1) is 14.3. The Morgan fingerprint density at radius 1 is 1.50 bits per heavy atom. The van der Waals surface area contributed by atoms with E-state index in [1.807, 2.05) is 45.2 Å². The minimum Gasteiger partial charge on any atom is -0.324 e. The summed E-state index contributed by atoms with van der Waals surface area (Å²) in [7, 11) is 1.81. The average molecular weight is 272 g/mol. The lowest BCUT2D eigenvalue weighted by atomic mass is 10.1. The molecule has 0 aliphatic rings. The number of nitrogens with zero attached hydrogens (tertiary/aromatic N) is 2. The molecule has 0 spiro atoms. The van der Waals surface area contributed by atoms with Crippen molar-refractivity contribution in [2.75, 3.05) is 5.32 Å². The Hall–Kier alpha value is -2.14. The first-order valence-electron chi connectivity index (χ1n) is 6.70. The van der Waals surface area contributed by atoms with Crippen LogP contribution in [0.5, 0.6) is 0 Å². The third-order valence-electron chi connectivity index (χ3n) is 3.16. The van der Waals surface area contributed by atoms with Crippen molar-refractivity contribution in [3.63, 3.8) is 0 Å². The Labute approximate surface area is 118 Å². The van der Waals surface area contributed by atoms with Crippen molar-refractivity contribution in [2.24, 2.45) is 12.8 Å². The molecule has 3 N–H and O–H groups in total. The number of nitrogens with one attached hydrogen (secondary N) is 1. The number of hydrogen-bond acceptors (Lipinski definition) is 3. The molecular formula is C15H20N4O. The van der Waals surface area contributed by atoms with Crippen LogP contribution in [-0.4, -0.2) is 15.7 Å². The van der Waals surface area contributed by atoms with Crippen LogP contribution in [0.2, 0.25) is 0 Å². The molecule has 1 heterocycles. The van der Waals surface area contributed by atoms with E-state index in [2.05, 4.69) is 10.4 Å². The van der Waals surface area contributed by atoms with E-state index >= 15 is 0 Å². The average Bonchev–Trinajstić information content (AvgIpc) is 2.80. The molecule has 0 fully saturated rings. The molecule has 0 aliphatic heterocycles. The van der Waals surface area contributed by atoms with Crippen LogP contribution in [0.4, 0.5) is 5.69 Å². The number of amides is 1. The molecule has 1 atom stereocenters. The van der Waals surface area contributed by atoms with Gasteiger partial charge in [0.25, 0.3) is 5.91 Å². The molecule has 106 valence electrons. The third-order valence-corrected chi connectivity index (χ3v) is 3.16. The number of rotatable bonds is 4. The maximum Gasteiger partial charge on any atom is 0.259 e. The topological polar surface area (TPSA) is 72.9 Å². The number of nitrogens with two attached hydrogens (primary N) is 1. The van der Waals surface area contributed by atoms with E-state index in [1.54, 1.807) is 10.9 Å². The van der Waals surface area contributed by atoms with Crippen LogP contribution in [0.3, 0.4) is 0 Å². The van der Waals surface area contributed by atoms with Gasteiger partial charge in [-0.05, 0) is 31.0 Å². The van der Waals surface area contributed by atoms with E-state index in [4.69, 9.17) is 5.73 Å². The lowest BCUT2D eigenvalue weighted by Gasteiger charge is -2.09. The number of benzene rings is 1. The highest BCUT2D eigenvalue weighted by Gasteiger charge is 2.14. The lowest BCUT2D eigenvalue weighted by Crippen LogP contribution is -2.14. The molecule has 0 radical (unpaired) electrons. The monoisotopic (exact) mass is 272 g/mol. The highest BCUT2D eigenvalue weighted by Crippen LogP contribution is 2.17. The Bertz CT molecular complexity index is 616. The number of carbonyl (C=O) groups excluding carboxylic acids is 1. The predicted molar refractivity (Wildman–Crippen MR) is 79.6 cm³/mol. The minimum absolute atomic E-state index is 0.0588. The normalized spacial score (nSPS) is 12.2. The van der Waals surface area contributed by atoms with E-state index in [0.29, 0.717) is 5.56 Å². The first-order valence-corrected chi connectivity index (χ1v) is 6.70. The van der Waals surface area contributed by atoms with Gasteiger partial charge in [-0.25, -0.2) is 0 Å². The predicted octanol–water partition coefficient (Wildman–Crippen LogP) is 2.25. The molecule has 5 nitrogen and oxygen atoms in total. The summed E-state index contributed by atoms with van der Waals surface area (Å²) in [6.07, 6.45) is 2.47. The number of aryl methyl sites for hydroxylation is 2. The van der Waals surface area contributed by atoms with Crippen LogP contribution < -0.4 is 11.1 Å². The molecule has 20 heavy (non-hydrogen) atoms. The highest BCUT2D eigenvalue weighted by atomic mass is 16.1. The molecular weight excluding hydrogens is 252 g/mol. The Kier molecular flexibility index (Phi) is 4.20. The SMILES string of the molecule is CCc1nn(C)cc1C(=O)Nc1cccc(C(C)N)c1. The van der Waals surface area contributed by atoms with Crippen molar-refractivity contribution < 1.29 is 4.79 Å². The van der Waals surface area contributed by atoms with Gasteiger partial charge < -0.3 is 11.1 Å². The van der Waals surface area contributed by atoms with E-state index in [1.165, 1.54) is 0 Å². The first-order chi connectivity index (χ1) is 9.51. The molecule has 2 aromatic rings. The van der Waals surface area contributed by atoms with Gasteiger partial charge in [0.1, 0.15) is 0 Å². The second-order valence-corrected chi connectivity index (χ2v) is 4.88. The second-order valence-electron chi connectivity index (χ2n) is 4.88. The van der Waals surface area contributed by atoms with Gasteiger partial charge in [-0.2, -0.15) is 5.10 Å². The van der Waals surface area contributed by atoms with Crippen molar-refractivity contribution in [3.05, 3.63) is 47.3 Å². The Balaban J connectivity index is 2.21. The summed E-state index contributed by atoms with van der Waals surface area (Å²) in [5.41, 5.74) is 9.00. The van der Waals surface area contributed by atoms with Crippen LogP contribution >= 0.6 is 0 Å². The lowest BCUT2D eigenvalue weighted by molar-refractivity contribution is 0.102. The van der Waals surface area contributed by atoms with E-state index in [9.17, 15) is 4.79 Å². The van der Waals surface area contributed by atoms with Crippen LogP contribution in [0.1, 0.15) is 41.5 Å². The smallest absolute Gasteiger partial charge is 0.259 e. The second kappa shape index (κ2) is 5.88. The zero-order valence-electron chi connectivity index (χ0n) is 12.1. The molecule has 1 aromatic carbocycles. The number of aromatic nitrogens is 2. The van der Waals surface area contributed by atoms with Crippen LogP contribution in [0.15, 0.2) is 30.5 Å². The van der Waals surface area contributed by atoms with Gasteiger partial charge in [0.05, 0.1) is 11.3 Å². The summed E-state index contributed by atoms with van der Waals surface area (Å²) in [6, 6.07) is 7.52. The van der Waals surface area contributed by atoms with Crippen LogP contribution in [-0.2, 0) is 13.5 Å². The van der Waals surface area contributed by atoms with Gasteiger partial charge in [0, 0.05) is 25.0 Å². The van der Waals surface area contributed by atoms with Gasteiger partial charge >= 0.3 is 0 Å². The summed E-state index contributed by atoms with van der Waals surface area (Å²) in [5.74, 6) is -0.142. The number of hydrogen-bond donors (Lipinski definition) is 2. The van der Waals surface area contributed by atoms with Gasteiger partial charge in [0.15, 0.2) is 0 Å². The highest BCUT2D eigenvalue weighted by molar-refractivity contribution is 6.04. The standard InChI is InChI=1S/C15H20N4O/c1-4-14-13(9-19(3)18-14)15(20)17-12-7-5-6-11(8-12)10(2)16/h5-10H,4,16H2,1-3H3,(H,17,20). The quantitative estimate of drug-likeness (QED) is 0.896. The molecule has 5 heteroatoms. The van der Waals surface area contributed by atoms with Crippen molar-refractivity contribution in [2.45, 2.75) is 26.3 Å². The molecule has 0 saturated heterocycles. The van der Waals surface area contributed by atoms with Crippen LogP contribution in [0.25, 0.3) is 0 Å². The fourth-order valence-corrected chi connectivity index (χ4v) is 2.08. The summed E-state index contributed by atoms with van der Waals surface area (Å²) in [4.78, 5) is 12.3. The van der Waals surface area contributed by atoms with Crippen molar-refractivity contribution in [3.8, 4) is 0 Å². The minimum atomic E-state index is -0.142. The van der Waals surface area contributed by atoms with E-state index in [0.717, 1.165) is 23.4 Å². The van der Waals surface area contributed by atoms with E-state index < -0.39 is 0 Å². The van der Waals surface area contributed by atoms with Crippen molar-refractivity contribution >= 4 is 11.6 Å². The van der Waals surface area contributed by atoms with Crippen molar-refractivity contribution in [1.29, 1.82) is 0 Å². The number of carbonyl (C=O) groups is 1. The third kappa shape index (κ3) is 3.05. The van der Waals surface area contributed by atoms with Gasteiger partial charge in [-0.3, -0.25) is 9.48 Å².